The number of esters is 1. The Bertz CT molecular complexity index is 868. The molecule has 3 rings (SSSR count). The molecule has 0 aliphatic heterocycles. The molecule has 0 fully saturated rings. The lowest BCUT2D eigenvalue weighted by Crippen LogP contribution is -2.19. The van der Waals surface area contributed by atoms with Crippen LogP contribution in [0.1, 0.15) is 10.4 Å². The fourth-order valence-corrected chi connectivity index (χ4v) is 1.86. The number of benzene rings is 1. The third kappa shape index (κ3) is 2.64. The fourth-order valence-electron chi connectivity index (χ4n) is 1.86. The van der Waals surface area contributed by atoms with Crippen LogP contribution in [0.25, 0.3) is 11.5 Å². The van der Waals surface area contributed by atoms with Gasteiger partial charge >= 0.3 is 5.97 Å². The zero-order chi connectivity index (χ0) is 15.5. The summed E-state index contributed by atoms with van der Waals surface area (Å²) in [4.78, 5) is 23.7. The summed E-state index contributed by atoms with van der Waals surface area (Å²) in [6.45, 7) is 0. The minimum Gasteiger partial charge on any atom is -0.423 e. The van der Waals surface area contributed by atoms with Crippen LogP contribution in [0.3, 0.4) is 0 Å². The molecule has 2 aromatic heterocycles. The highest BCUT2D eigenvalue weighted by Gasteiger charge is 2.15. The van der Waals surface area contributed by atoms with Gasteiger partial charge in [-0.2, -0.15) is 0 Å². The topological polar surface area (TPSA) is 87.2 Å². The van der Waals surface area contributed by atoms with Crippen LogP contribution in [0.5, 0.6) is 5.75 Å². The van der Waals surface area contributed by atoms with Gasteiger partial charge in [-0.25, -0.2) is 4.79 Å². The molecule has 0 bridgehead atoms. The van der Waals surface area contributed by atoms with E-state index in [2.05, 4.69) is 10.2 Å². The molecule has 0 N–H and O–H groups in total. The van der Waals surface area contributed by atoms with E-state index in [0.29, 0.717) is 5.56 Å². The van der Waals surface area contributed by atoms with Crippen molar-refractivity contribution in [1.82, 2.24) is 14.8 Å². The Labute approximate surface area is 124 Å². The van der Waals surface area contributed by atoms with Crippen LogP contribution in [0.2, 0.25) is 0 Å². The maximum atomic E-state index is 12.2. The van der Waals surface area contributed by atoms with Gasteiger partial charge in [0.15, 0.2) is 0 Å². The van der Waals surface area contributed by atoms with Crippen LogP contribution < -0.4 is 10.3 Å². The maximum Gasteiger partial charge on any atom is 0.343 e. The lowest BCUT2D eigenvalue weighted by molar-refractivity contribution is 0.0735. The molecule has 110 valence electrons. The van der Waals surface area contributed by atoms with Crippen molar-refractivity contribution >= 4 is 5.97 Å². The summed E-state index contributed by atoms with van der Waals surface area (Å²) >= 11 is 0. The SMILES string of the molecule is Cn1ccc(C(=O)Oc2ccccc2-c2nnco2)cc1=O. The van der Waals surface area contributed by atoms with Gasteiger partial charge in [0, 0.05) is 19.3 Å². The quantitative estimate of drug-likeness (QED) is 0.539. The average molecular weight is 297 g/mol. The van der Waals surface area contributed by atoms with Crippen LogP contribution in [-0.2, 0) is 7.05 Å². The van der Waals surface area contributed by atoms with E-state index in [1.54, 1.807) is 31.3 Å². The molecule has 1 aromatic carbocycles. The van der Waals surface area contributed by atoms with Gasteiger partial charge in [-0.15, -0.1) is 10.2 Å². The highest BCUT2D eigenvalue weighted by atomic mass is 16.5. The van der Waals surface area contributed by atoms with Crippen molar-refractivity contribution in [2.75, 3.05) is 0 Å². The number of carbonyl (C=O) groups excluding carboxylic acids is 1. The average Bonchev–Trinajstić information content (AvgIpc) is 3.04. The number of pyridine rings is 1. The largest absolute Gasteiger partial charge is 0.423 e. The maximum absolute atomic E-state index is 12.2. The third-order valence-corrected chi connectivity index (χ3v) is 3.02. The van der Waals surface area contributed by atoms with Gasteiger partial charge < -0.3 is 13.7 Å². The van der Waals surface area contributed by atoms with E-state index in [0.717, 1.165) is 0 Å². The molecule has 7 nitrogen and oxygen atoms in total. The number of ether oxygens (including phenoxy) is 1. The predicted molar refractivity (Wildman–Crippen MR) is 76.4 cm³/mol. The van der Waals surface area contributed by atoms with E-state index in [4.69, 9.17) is 9.15 Å². The molecule has 0 atom stereocenters. The first-order valence-electron chi connectivity index (χ1n) is 6.39. The molecule has 0 radical (unpaired) electrons. The van der Waals surface area contributed by atoms with E-state index >= 15 is 0 Å². The molecule has 0 unspecified atom stereocenters. The standard InChI is InChI=1S/C15H11N3O4/c1-18-7-6-10(8-13(18)19)15(20)22-12-5-3-2-4-11(12)14-17-16-9-21-14/h2-9H,1H3. The van der Waals surface area contributed by atoms with Crippen molar-refractivity contribution in [2.45, 2.75) is 0 Å². The van der Waals surface area contributed by atoms with Crippen LogP contribution >= 0.6 is 0 Å². The Morgan fingerprint density at radius 3 is 2.82 bits per heavy atom. The van der Waals surface area contributed by atoms with Gasteiger partial charge in [-0.1, -0.05) is 12.1 Å². The van der Waals surface area contributed by atoms with Gasteiger partial charge in [0.25, 0.3) is 11.4 Å². The minimum atomic E-state index is -0.635. The van der Waals surface area contributed by atoms with E-state index in [-0.39, 0.29) is 22.8 Å². The molecular weight excluding hydrogens is 286 g/mol. The Morgan fingerprint density at radius 1 is 1.27 bits per heavy atom. The molecule has 0 amide bonds. The normalized spacial score (nSPS) is 10.4. The van der Waals surface area contributed by atoms with Crippen LogP contribution in [-0.4, -0.2) is 20.7 Å². The first-order valence-corrected chi connectivity index (χ1v) is 6.39. The van der Waals surface area contributed by atoms with Gasteiger partial charge in [0.05, 0.1) is 11.1 Å². The molecule has 22 heavy (non-hydrogen) atoms. The Balaban J connectivity index is 1.92. The van der Waals surface area contributed by atoms with Crippen molar-refractivity contribution in [3.05, 3.63) is 64.9 Å². The molecule has 0 aliphatic rings. The van der Waals surface area contributed by atoms with E-state index < -0.39 is 5.97 Å². The second-order valence-electron chi connectivity index (χ2n) is 4.49. The van der Waals surface area contributed by atoms with Gasteiger partial charge in [0.2, 0.25) is 6.39 Å². The summed E-state index contributed by atoms with van der Waals surface area (Å²) in [5.74, 6) is -0.116. The molecule has 0 aliphatic carbocycles. The molecule has 3 aromatic rings. The van der Waals surface area contributed by atoms with Crippen molar-refractivity contribution in [2.24, 2.45) is 7.05 Å². The molecule has 0 saturated carbocycles. The highest BCUT2D eigenvalue weighted by molar-refractivity contribution is 5.91. The van der Waals surface area contributed by atoms with E-state index in [9.17, 15) is 9.59 Å². The lowest BCUT2D eigenvalue weighted by Gasteiger charge is -2.07. The smallest absolute Gasteiger partial charge is 0.343 e. The van der Waals surface area contributed by atoms with Crippen LogP contribution in [0.15, 0.2) is 58.2 Å². The summed E-state index contributed by atoms with van der Waals surface area (Å²) < 4.78 is 11.8. The highest BCUT2D eigenvalue weighted by Crippen LogP contribution is 2.28. The van der Waals surface area contributed by atoms with Crippen molar-refractivity contribution in [3.8, 4) is 17.2 Å². The lowest BCUT2D eigenvalue weighted by atomic mass is 10.2. The number of carbonyl (C=O) groups is 1. The van der Waals surface area contributed by atoms with Crippen LogP contribution in [0.4, 0.5) is 0 Å². The summed E-state index contributed by atoms with van der Waals surface area (Å²) in [6, 6.07) is 9.51. The molecule has 7 heteroatoms. The zero-order valence-corrected chi connectivity index (χ0v) is 11.6. The van der Waals surface area contributed by atoms with Gasteiger partial charge in [0.1, 0.15) is 5.75 Å². The first kappa shape index (κ1) is 13.7. The van der Waals surface area contributed by atoms with E-state index in [1.807, 2.05) is 0 Å². The number of hydrogen-bond acceptors (Lipinski definition) is 6. The van der Waals surface area contributed by atoms with Crippen molar-refractivity contribution in [3.63, 3.8) is 0 Å². The van der Waals surface area contributed by atoms with Gasteiger partial charge in [-0.05, 0) is 18.2 Å². The Morgan fingerprint density at radius 2 is 2.09 bits per heavy atom. The molecule has 2 heterocycles. The van der Waals surface area contributed by atoms with Crippen molar-refractivity contribution < 1.29 is 13.9 Å². The number of para-hydroxylation sites is 1. The second-order valence-corrected chi connectivity index (χ2v) is 4.49. The summed E-state index contributed by atoms with van der Waals surface area (Å²) in [7, 11) is 1.60. The molecule has 0 spiro atoms. The van der Waals surface area contributed by atoms with E-state index in [1.165, 1.54) is 29.3 Å². The fraction of sp³-hybridized carbons (Fsp3) is 0.0667. The monoisotopic (exact) mass is 297 g/mol. The Hall–Kier alpha value is -3.22. The predicted octanol–water partition coefficient (Wildman–Crippen LogP) is 1.65. The third-order valence-electron chi connectivity index (χ3n) is 3.02. The molecule has 0 saturated heterocycles. The number of aromatic nitrogens is 3. The summed E-state index contributed by atoms with van der Waals surface area (Å²) in [5.41, 5.74) is 0.375. The zero-order valence-electron chi connectivity index (χ0n) is 11.6. The minimum absolute atomic E-state index is 0.170. The van der Waals surface area contributed by atoms with Crippen molar-refractivity contribution in [1.29, 1.82) is 0 Å². The number of rotatable bonds is 3. The van der Waals surface area contributed by atoms with Gasteiger partial charge in [-0.3, -0.25) is 4.79 Å². The summed E-state index contributed by atoms with van der Waals surface area (Å²) in [5, 5.41) is 7.39. The van der Waals surface area contributed by atoms with Crippen LogP contribution in [0, 0.1) is 0 Å². The molecular formula is C15H11N3O4. The number of aryl methyl sites for hydroxylation is 1. The number of nitrogens with zero attached hydrogens (tertiary/aromatic N) is 3. The Kier molecular flexibility index (Phi) is 3.53. The number of hydrogen-bond donors (Lipinski definition) is 0. The second kappa shape index (κ2) is 5.65. The first-order chi connectivity index (χ1) is 10.6. The summed E-state index contributed by atoms with van der Waals surface area (Å²) in [6.07, 6.45) is 2.69.